The highest BCUT2D eigenvalue weighted by Crippen LogP contribution is 2.11. The Kier molecular flexibility index (Phi) is 3.51. The Balaban J connectivity index is 2.70. The second kappa shape index (κ2) is 4.93. The van der Waals surface area contributed by atoms with Gasteiger partial charge < -0.3 is 5.73 Å². The first kappa shape index (κ1) is 9.26. The van der Waals surface area contributed by atoms with Crippen LogP contribution >= 0.6 is 0 Å². The van der Waals surface area contributed by atoms with Crippen LogP contribution in [0.15, 0.2) is 54.2 Å². The number of nitrogens with two attached hydrogens (primary N) is 1. The lowest BCUT2D eigenvalue weighted by molar-refractivity contribution is 1.53. The summed E-state index contributed by atoms with van der Waals surface area (Å²) in [6.07, 6.45) is 4.71. The third-order valence-corrected chi connectivity index (χ3v) is 1.53. The molecule has 0 heterocycles. The van der Waals surface area contributed by atoms with E-state index in [2.05, 4.69) is 11.6 Å². The lowest BCUT2D eigenvalue weighted by Gasteiger charge is -1.96. The molecule has 0 fully saturated rings. The van der Waals surface area contributed by atoms with Gasteiger partial charge >= 0.3 is 0 Å². The Hall–Kier alpha value is -1.83. The van der Waals surface area contributed by atoms with E-state index in [0.717, 1.165) is 11.3 Å². The van der Waals surface area contributed by atoms with E-state index in [9.17, 15) is 0 Å². The Bertz CT molecular complexity index is 323. The zero-order valence-electron chi connectivity index (χ0n) is 7.35. The van der Waals surface area contributed by atoms with Gasteiger partial charge in [0.05, 0.1) is 5.70 Å². The fourth-order valence-corrected chi connectivity index (χ4v) is 0.888. The number of benzene rings is 1. The summed E-state index contributed by atoms with van der Waals surface area (Å²) in [5.74, 6) is 0. The average Bonchev–Trinajstić information content (AvgIpc) is 2.19. The zero-order chi connectivity index (χ0) is 9.52. The van der Waals surface area contributed by atoms with Crippen LogP contribution in [0.5, 0.6) is 0 Å². The molecule has 0 saturated heterocycles. The third kappa shape index (κ3) is 2.95. The van der Waals surface area contributed by atoms with Crippen molar-refractivity contribution >= 4 is 11.9 Å². The van der Waals surface area contributed by atoms with E-state index >= 15 is 0 Å². The highest BCUT2D eigenvalue weighted by atomic mass is 14.7. The molecule has 0 unspecified atom stereocenters. The molecular formula is C11H12N2. The lowest BCUT2D eigenvalue weighted by atomic mass is 10.2. The maximum atomic E-state index is 5.15. The molecule has 0 bridgehead atoms. The molecule has 66 valence electrons. The fraction of sp³-hybridized carbons (Fsp3) is 0. The number of allylic oxidation sites excluding steroid dienone is 1. The van der Waals surface area contributed by atoms with Crippen LogP contribution in [0.3, 0.4) is 0 Å². The molecule has 13 heavy (non-hydrogen) atoms. The summed E-state index contributed by atoms with van der Waals surface area (Å²) in [7, 11) is 0. The molecule has 2 heteroatoms. The Labute approximate surface area is 78.1 Å². The molecule has 0 atom stereocenters. The normalized spacial score (nSPS) is 11.1. The maximum absolute atomic E-state index is 5.15. The largest absolute Gasteiger partial charge is 0.405 e. The van der Waals surface area contributed by atoms with Gasteiger partial charge in [-0.2, -0.15) is 0 Å². The molecule has 2 nitrogen and oxygen atoms in total. The van der Waals surface area contributed by atoms with Crippen molar-refractivity contribution in [1.82, 2.24) is 0 Å². The van der Waals surface area contributed by atoms with Gasteiger partial charge in [0.1, 0.15) is 0 Å². The van der Waals surface area contributed by atoms with Crippen LogP contribution in [0.4, 0.5) is 0 Å². The lowest BCUT2D eigenvalue weighted by Crippen LogP contribution is -1.79. The first-order valence-electron chi connectivity index (χ1n) is 4.00. The van der Waals surface area contributed by atoms with Gasteiger partial charge in [-0.3, -0.25) is 4.99 Å². The molecule has 1 aromatic rings. The Morgan fingerprint density at radius 3 is 2.62 bits per heavy atom. The summed E-state index contributed by atoms with van der Waals surface area (Å²) in [6.45, 7) is 3.82. The second-order valence-corrected chi connectivity index (χ2v) is 2.48. The van der Waals surface area contributed by atoms with Crippen LogP contribution in [0.1, 0.15) is 5.56 Å². The van der Waals surface area contributed by atoms with Crippen molar-refractivity contribution in [2.75, 3.05) is 0 Å². The van der Waals surface area contributed by atoms with Crippen molar-refractivity contribution in [3.8, 4) is 0 Å². The molecule has 0 amide bonds. The number of aliphatic imine (C=N–C) groups is 1. The van der Waals surface area contributed by atoms with Gasteiger partial charge in [0, 0.05) is 6.21 Å². The minimum absolute atomic E-state index is 0.735. The predicted octanol–water partition coefficient (Wildman–Crippen LogP) is 2.20. The van der Waals surface area contributed by atoms with Gasteiger partial charge in [0.25, 0.3) is 0 Å². The zero-order valence-corrected chi connectivity index (χ0v) is 7.35. The van der Waals surface area contributed by atoms with E-state index in [1.54, 1.807) is 12.3 Å². The smallest absolute Gasteiger partial charge is 0.0630 e. The van der Waals surface area contributed by atoms with E-state index in [4.69, 9.17) is 5.73 Å². The van der Waals surface area contributed by atoms with Crippen molar-refractivity contribution in [3.63, 3.8) is 0 Å². The highest BCUT2D eigenvalue weighted by Gasteiger charge is 1.91. The van der Waals surface area contributed by atoms with Gasteiger partial charge in [0.2, 0.25) is 0 Å². The minimum atomic E-state index is 0.735. The summed E-state index contributed by atoms with van der Waals surface area (Å²) in [5.41, 5.74) is 6.90. The number of hydrogen-bond acceptors (Lipinski definition) is 2. The molecule has 1 aromatic carbocycles. The van der Waals surface area contributed by atoms with Crippen LogP contribution in [-0.4, -0.2) is 6.21 Å². The summed E-state index contributed by atoms with van der Waals surface area (Å²) >= 11 is 0. The molecule has 0 aromatic heterocycles. The van der Waals surface area contributed by atoms with Crippen molar-refractivity contribution in [1.29, 1.82) is 0 Å². The molecule has 0 radical (unpaired) electrons. The first-order chi connectivity index (χ1) is 6.34. The summed E-state index contributed by atoms with van der Waals surface area (Å²) in [4.78, 5) is 4.10. The van der Waals surface area contributed by atoms with Crippen molar-refractivity contribution < 1.29 is 0 Å². The topological polar surface area (TPSA) is 38.4 Å². The van der Waals surface area contributed by atoms with E-state index in [0.29, 0.717) is 0 Å². The molecule has 0 saturated carbocycles. The van der Waals surface area contributed by atoms with E-state index in [1.165, 1.54) is 6.20 Å². The molecule has 0 aliphatic heterocycles. The van der Waals surface area contributed by atoms with Gasteiger partial charge in [-0.15, -0.1) is 0 Å². The highest BCUT2D eigenvalue weighted by molar-refractivity contribution is 5.79. The predicted molar refractivity (Wildman–Crippen MR) is 57.3 cm³/mol. The Morgan fingerprint density at radius 2 is 2.00 bits per heavy atom. The number of hydrogen-bond donors (Lipinski definition) is 1. The third-order valence-electron chi connectivity index (χ3n) is 1.53. The minimum Gasteiger partial charge on any atom is -0.405 e. The number of nitrogens with zero attached hydrogens (tertiary/aromatic N) is 1. The van der Waals surface area contributed by atoms with E-state index in [-0.39, 0.29) is 0 Å². The van der Waals surface area contributed by atoms with Crippen LogP contribution in [0.2, 0.25) is 0 Å². The molecule has 2 N–H and O–H groups in total. The first-order valence-corrected chi connectivity index (χ1v) is 4.00. The van der Waals surface area contributed by atoms with Gasteiger partial charge in [-0.05, 0) is 17.8 Å². The molecule has 0 spiro atoms. The standard InChI is InChI=1S/C11H12N2/c1-10(13-9-5-8-12)11-6-3-2-4-7-11/h2-9H,1,12H2/b8-5-,13-9?. The molecular weight excluding hydrogens is 160 g/mol. The summed E-state index contributed by atoms with van der Waals surface area (Å²) in [6, 6.07) is 9.79. The molecule has 0 aliphatic carbocycles. The maximum Gasteiger partial charge on any atom is 0.0630 e. The van der Waals surface area contributed by atoms with Crippen LogP contribution < -0.4 is 5.73 Å². The SMILES string of the molecule is C=C(N=C/C=C\N)c1ccccc1. The van der Waals surface area contributed by atoms with Crippen LogP contribution in [0, 0.1) is 0 Å². The number of rotatable bonds is 3. The Morgan fingerprint density at radius 1 is 1.31 bits per heavy atom. The fourth-order valence-electron chi connectivity index (χ4n) is 0.888. The summed E-state index contributed by atoms with van der Waals surface area (Å²) < 4.78 is 0. The van der Waals surface area contributed by atoms with E-state index in [1.807, 2.05) is 30.3 Å². The monoisotopic (exact) mass is 172 g/mol. The van der Waals surface area contributed by atoms with E-state index < -0.39 is 0 Å². The summed E-state index contributed by atoms with van der Waals surface area (Å²) in [5, 5.41) is 0. The van der Waals surface area contributed by atoms with Crippen molar-refractivity contribution in [2.24, 2.45) is 10.7 Å². The molecule has 1 rings (SSSR count). The van der Waals surface area contributed by atoms with Crippen LogP contribution in [-0.2, 0) is 0 Å². The van der Waals surface area contributed by atoms with Crippen LogP contribution in [0.25, 0.3) is 5.70 Å². The molecule has 0 aliphatic rings. The quantitative estimate of drug-likeness (QED) is 0.697. The van der Waals surface area contributed by atoms with Gasteiger partial charge in [0.15, 0.2) is 0 Å². The van der Waals surface area contributed by atoms with Gasteiger partial charge in [-0.1, -0.05) is 36.9 Å². The average molecular weight is 172 g/mol. The van der Waals surface area contributed by atoms with Crippen molar-refractivity contribution in [2.45, 2.75) is 0 Å². The second-order valence-electron chi connectivity index (χ2n) is 2.48. The van der Waals surface area contributed by atoms with Crippen molar-refractivity contribution in [3.05, 3.63) is 54.8 Å². The van der Waals surface area contributed by atoms with Gasteiger partial charge in [-0.25, -0.2) is 0 Å².